The molecule has 110 valence electrons. The van der Waals surface area contributed by atoms with Crippen LogP contribution in [0, 0.1) is 0 Å². The van der Waals surface area contributed by atoms with Crippen LogP contribution in [0.5, 0.6) is 0 Å². The van der Waals surface area contributed by atoms with E-state index in [-0.39, 0.29) is 19.3 Å². The van der Waals surface area contributed by atoms with Crippen molar-refractivity contribution in [3.63, 3.8) is 0 Å². The molecule has 0 saturated carbocycles. The highest BCUT2D eigenvalue weighted by atomic mass is 31.2. The second kappa shape index (κ2) is 7.62. The first-order valence-electron chi connectivity index (χ1n) is 6.19. The van der Waals surface area contributed by atoms with Crippen molar-refractivity contribution in [3.05, 3.63) is 0 Å². The Morgan fingerprint density at radius 2 is 2.00 bits per heavy atom. The van der Waals surface area contributed by atoms with Gasteiger partial charge in [-0.1, -0.05) is 0 Å². The molecular weight excluding hydrogens is 275 g/mol. The van der Waals surface area contributed by atoms with Gasteiger partial charge in [-0.25, -0.2) is 4.57 Å². The molecule has 0 aliphatic carbocycles. The van der Waals surface area contributed by atoms with E-state index < -0.39 is 25.4 Å². The van der Waals surface area contributed by atoms with Crippen LogP contribution in [0.2, 0.25) is 0 Å². The minimum absolute atomic E-state index is 0.0707. The lowest BCUT2D eigenvalue weighted by atomic mass is 10.2. The molecular formula is C11H19O7P. The molecule has 1 aliphatic heterocycles. The molecule has 0 bridgehead atoms. The van der Waals surface area contributed by atoms with Crippen LogP contribution in [-0.4, -0.2) is 36.4 Å². The summed E-state index contributed by atoms with van der Waals surface area (Å²) in [4.78, 5) is 31.9. The average Bonchev–Trinajstić information content (AvgIpc) is 2.39. The molecule has 0 aromatic heterocycles. The van der Waals surface area contributed by atoms with Crippen LogP contribution >= 0.6 is 7.60 Å². The molecule has 0 amide bonds. The largest absolute Gasteiger partial charge is 0.469 e. The third-order valence-corrected chi connectivity index (χ3v) is 4.34. The van der Waals surface area contributed by atoms with Gasteiger partial charge in [-0.3, -0.25) is 9.59 Å². The SMILES string of the molecule is COC(=O)CCCC(=O)OP(=O)(O)C1CCCCO1. The summed E-state index contributed by atoms with van der Waals surface area (Å²) in [6.45, 7) is 0.398. The van der Waals surface area contributed by atoms with Gasteiger partial charge in [-0.05, 0) is 25.7 Å². The summed E-state index contributed by atoms with van der Waals surface area (Å²) in [6.07, 6.45) is 2.20. The van der Waals surface area contributed by atoms with Gasteiger partial charge in [0.2, 0.25) is 0 Å². The summed E-state index contributed by atoms with van der Waals surface area (Å²) in [7, 11) is -2.83. The van der Waals surface area contributed by atoms with Crippen molar-refractivity contribution in [1.82, 2.24) is 0 Å². The van der Waals surface area contributed by atoms with Crippen LogP contribution in [0.4, 0.5) is 0 Å². The van der Waals surface area contributed by atoms with Crippen LogP contribution in [0.15, 0.2) is 0 Å². The Morgan fingerprint density at radius 3 is 2.58 bits per heavy atom. The Kier molecular flexibility index (Phi) is 6.48. The zero-order chi connectivity index (χ0) is 14.3. The zero-order valence-electron chi connectivity index (χ0n) is 10.9. The minimum atomic E-state index is -4.08. The molecule has 1 saturated heterocycles. The molecule has 0 aromatic rings. The molecule has 8 heteroatoms. The number of esters is 1. The smallest absolute Gasteiger partial charge is 0.407 e. The van der Waals surface area contributed by atoms with E-state index in [1.54, 1.807) is 0 Å². The molecule has 7 nitrogen and oxygen atoms in total. The third-order valence-electron chi connectivity index (χ3n) is 2.74. The lowest BCUT2D eigenvalue weighted by molar-refractivity contribution is -0.141. The maximum atomic E-state index is 11.8. The highest BCUT2D eigenvalue weighted by Crippen LogP contribution is 2.51. The average molecular weight is 294 g/mol. The lowest BCUT2D eigenvalue weighted by Gasteiger charge is -2.25. The second-order valence-electron chi connectivity index (χ2n) is 4.28. The fourth-order valence-corrected chi connectivity index (χ4v) is 3.01. The molecule has 0 radical (unpaired) electrons. The number of methoxy groups -OCH3 is 1. The van der Waals surface area contributed by atoms with Gasteiger partial charge in [-0.2, -0.15) is 0 Å². The normalized spacial score (nSPS) is 22.3. The third kappa shape index (κ3) is 5.72. The molecule has 1 N–H and O–H groups in total. The minimum Gasteiger partial charge on any atom is -0.469 e. The van der Waals surface area contributed by atoms with Gasteiger partial charge in [0, 0.05) is 19.4 Å². The number of hydrogen-bond donors (Lipinski definition) is 1. The van der Waals surface area contributed by atoms with Crippen LogP contribution in [0.1, 0.15) is 38.5 Å². The zero-order valence-corrected chi connectivity index (χ0v) is 11.8. The Balaban J connectivity index is 2.33. The van der Waals surface area contributed by atoms with Crippen LogP contribution in [0.25, 0.3) is 0 Å². The molecule has 19 heavy (non-hydrogen) atoms. The van der Waals surface area contributed by atoms with Crippen LogP contribution in [0.3, 0.4) is 0 Å². The maximum absolute atomic E-state index is 11.8. The number of carbonyl (C=O) groups is 2. The van der Waals surface area contributed by atoms with E-state index >= 15 is 0 Å². The quantitative estimate of drug-likeness (QED) is 0.586. The van der Waals surface area contributed by atoms with E-state index in [1.165, 1.54) is 7.11 Å². The van der Waals surface area contributed by atoms with Crippen molar-refractivity contribution < 1.29 is 33.0 Å². The summed E-state index contributed by atoms with van der Waals surface area (Å²) in [6, 6.07) is 0. The lowest BCUT2D eigenvalue weighted by Crippen LogP contribution is -2.21. The first-order chi connectivity index (χ1) is 8.95. The highest BCUT2D eigenvalue weighted by molar-refractivity contribution is 7.53. The van der Waals surface area contributed by atoms with Crippen molar-refractivity contribution >= 4 is 19.5 Å². The predicted octanol–water partition coefficient (Wildman–Crippen LogP) is 1.58. The molecule has 1 heterocycles. The van der Waals surface area contributed by atoms with E-state index in [0.717, 1.165) is 12.8 Å². The van der Waals surface area contributed by atoms with Crippen LogP contribution in [-0.2, 0) is 28.2 Å². The van der Waals surface area contributed by atoms with E-state index in [4.69, 9.17) is 4.74 Å². The second-order valence-corrected chi connectivity index (χ2v) is 6.17. The van der Waals surface area contributed by atoms with E-state index in [2.05, 4.69) is 9.26 Å². The number of hydrogen-bond acceptors (Lipinski definition) is 6. The summed E-state index contributed by atoms with van der Waals surface area (Å²) in [5.41, 5.74) is 0. The number of ether oxygens (including phenoxy) is 2. The molecule has 1 rings (SSSR count). The summed E-state index contributed by atoms with van der Waals surface area (Å²) in [5.74, 6) is -2.16. The van der Waals surface area contributed by atoms with Gasteiger partial charge >= 0.3 is 19.5 Å². The Hall–Kier alpha value is -0.910. The van der Waals surface area contributed by atoms with E-state index in [1.807, 2.05) is 0 Å². The van der Waals surface area contributed by atoms with Gasteiger partial charge in [0.25, 0.3) is 0 Å². The highest BCUT2D eigenvalue weighted by Gasteiger charge is 2.37. The van der Waals surface area contributed by atoms with Crippen molar-refractivity contribution in [2.24, 2.45) is 0 Å². The van der Waals surface area contributed by atoms with Gasteiger partial charge in [0.15, 0.2) is 5.85 Å². The molecule has 1 aliphatic rings. The first kappa shape index (κ1) is 16.1. The van der Waals surface area contributed by atoms with Crippen molar-refractivity contribution in [3.8, 4) is 0 Å². The van der Waals surface area contributed by atoms with E-state index in [0.29, 0.717) is 13.0 Å². The molecule has 0 spiro atoms. The topological polar surface area (TPSA) is 99.1 Å². The van der Waals surface area contributed by atoms with Crippen LogP contribution < -0.4 is 0 Å². The van der Waals surface area contributed by atoms with Crippen molar-refractivity contribution in [2.75, 3.05) is 13.7 Å². The Labute approximate surface area is 111 Å². The molecule has 1 fully saturated rings. The summed E-state index contributed by atoms with van der Waals surface area (Å²) >= 11 is 0. The summed E-state index contributed by atoms with van der Waals surface area (Å²) in [5, 5.41) is 0. The predicted molar refractivity (Wildman–Crippen MR) is 65.4 cm³/mol. The van der Waals surface area contributed by atoms with Gasteiger partial charge < -0.3 is 18.9 Å². The van der Waals surface area contributed by atoms with Gasteiger partial charge in [0.1, 0.15) is 0 Å². The summed E-state index contributed by atoms with van der Waals surface area (Å²) < 4.78 is 26.0. The molecule has 2 unspecified atom stereocenters. The molecule has 2 atom stereocenters. The monoisotopic (exact) mass is 294 g/mol. The standard InChI is InChI=1S/C11H19O7P/c1-16-9(12)5-4-6-10(13)18-19(14,15)11-7-2-3-8-17-11/h11H,2-8H2,1H3,(H,14,15). The Morgan fingerprint density at radius 1 is 1.32 bits per heavy atom. The molecule has 0 aromatic carbocycles. The van der Waals surface area contributed by atoms with Crippen molar-refractivity contribution in [2.45, 2.75) is 44.4 Å². The fourth-order valence-electron chi connectivity index (χ4n) is 1.71. The maximum Gasteiger partial charge on any atom is 0.407 e. The Bertz CT molecular complexity index is 362. The number of carbonyl (C=O) groups excluding carboxylic acids is 2. The first-order valence-corrected chi connectivity index (χ1v) is 7.83. The number of rotatable bonds is 6. The van der Waals surface area contributed by atoms with E-state index in [9.17, 15) is 19.0 Å². The van der Waals surface area contributed by atoms with Gasteiger partial charge in [-0.15, -0.1) is 0 Å². The fraction of sp³-hybridized carbons (Fsp3) is 0.818. The van der Waals surface area contributed by atoms with Crippen molar-refractivity contribution in [1.29, 1.82) is 0 Å². The van der Waals surface area contributed by atoms with Gasteiger partial charge in [0.05, 0.1) is 7.11 Å².